The van der Waals surface area contributed by atoms with Gasteiger partial charge in [-0.25, -0.2) is 0 Å². The van der Waals surface area contributed by atoms with Crippen molar-refractivity contribution in [3.8, 4) is 0 Å². The molecule has 2 saturated heterocycles. The highest BCUT2D eigenvalue weighted by Crippen LogP contribution is 2.25. The Morgan fingerprint density at radius 3 is 2.48 bits per heavy atom. The van der Waals surface area contributed by atoms with Crippen molar-refractivity contribution in [2.75, 3.05) is 63.8 Å². The zero-order chi connectivity index (χ0) is 21.7. The summed E-state index contributed by atoms with van der Waals surface area (Å²) in [6.07, 6.45) is -3.35. The van der Waals surface area contributed by atoms with Crippen LogP contribution in [-0.2, 0) is 0 Å². The topological polar surface area (TPSA) is 34.1 Å². The van der Waals surface area contributed by atoms with Gasteiger partial charge in [-0.05, 0) is 56.8 Å². The first-order valence-electron chi connectivity index (χ1n) is 10.9. The first kappa shape index (κ1) is 26.0. The Balaban J connectivity index is 0.00000341. The van der Waals surface area contributed by atoms with Gasteiger partial charge in [-0.3, -0.25) is 9.89 Å². The van der Waals surface area contributed by atoms with Crippen LogP contribution in [0.15, 0.2) is 23.2 Å². The highest BCUT2D eigenvalue weighted by atomic mass is 127. The minimum atomic E-state index is -4.12. The molecule has 1 atom stereocenters. The van der Waals surface area contributed by atoms with Crippen LogP contribution in [0.1, 0.15) is 24.5 Å². The number of anilines is 1. The van der Waals surface area contributed by atoms with E-state index in [4.69, 9.17) is 4.99 Å². The number of halogens is 4. The Labute approximate surface area is 201 Å². The fraction of sp³-hybridized carbons (Fsp3) is 0.682. The van der Waals surface area contributed by atoms with Crippen molar-refractivity contribution in [1.29, 1.82) is 0 Å². The van der Waals surface area contributed by atoms with E-state index in [0.717, 1.165) is 45.1 Å². The van der Waals surface area contributed by atoms with Crippen molar-refractivity contribution in [3.63, 3.8) is 0 Å². The average molecular weight is 553 g/mol. The van der Waals surface area contributed by atoms with E-state index in [9.17, 15) is 13.2 Å². The van der Waals surface area contributed by atoms with E-state index in [1.54, 1.807) is 0 Å². The summed E-state index contributed by atoms with van der Waals surface area (Å²) >= 11 is 0. The summed E-state index contributed by atoms with van der Waals surface area (Å²) in [5, 5.41) is 3.36. The number of piperazine rings is 1. The Hall–Kier alpha value is -1.23. The van der Waals surface area contributed by atoms with Gasteiger partial charge in [0.15, 0.2) is 5.96 Å². The summed E-state index contributed by atoms with van der Waals surface area (Å²) < 4.78 is 37.8. The Bertz CT molecular complexity index is 732. The van der Waals surface area contributed by atoms with E-state index < -0.39 is 12.7 Å². The van der Waals surface area contributed by atoms with Crippen LogP contribution < -0.4 is 10.2 Å². The number of likely N-dealkylation sites (tertiary alicyclic amines) is 1. The molecular weight excluding hydrogens is 518 g/mol. The van der Waals surface area contributed by atoms with Gasteiger partial charge in [0.25, 0.3) is 0 Å². The average Bonchev–Trinajstić information content (AvgIpc) is 3.13. The number of nitrogens with zero attached hydrogens (tertiary/aromatic N) is 4. The first-order valence-corrected chi connectivity index (χ1v) is 10.9. The van der Waals surface area contributed by atoms with Crippen LogP contribution in [0.4, 0.5) is 18.9 Å². The number of nitrogens with one attached hydrogen (secondary N) is 1. The molecule has 0 bridgehead atoms. The van der Waals surface area contributed by atoms with Gasteiger partial charge in [-0.2, -0.15) is 13.2 Å². The molecule has 0 radical (unpaired) electrons. The van der Waals surface area contributed by atoms with Crippen molar-refractivity contribution in [2.24, 2.45) is 10.9 Å². The molecule has 1 N–H and O–H groups in total. The lowest BCUT2D eigenvalue weighted by atomic mass is 10.1. The predicted molar refractivity (Wildman–Crippen MR) is 132 cm³/mol. The van der Waals surface area contributed by atoms with Gasteiger partial charge in [0, 0.05) is 51.5 Å². The minimum Gasteiger partial charge on any atom is -0.368 e. The zero-order valence-electron chi connectivity index (χ0n) is 18.7. The number of aryl methyl sites for hydroxylation is 1. The van der Waals surface area contributed by atoms with Gasteiger partial charge in [-0.15, -0.1) is 24.0 Å². The molecule has 3 rings (SSSR count). The predicted octanol–water partition coefficient (Wildman–Crippen LogP) is 3.89. The van der Waals surface area contributed by atoms with Crippen molar-refractivity contribution in [3.05, 3.63) is 29.3 Å². The fourth-order valence-corrected chi connectivity index (χ4v) is 4.34. The Kier molecular flexibility index (Phi) is 9.72. The SMILES string of the molecule is CCNC(=NCC1CCN(CC(F)(F)F)C1)N1CCN(c2cccc(C)c2C)CC1.I. The molecule has 0 spiro atoms. The normalized spacial score (nSPS) is 20.7. The summed E-state index contributed by atoms with van der Waals surface area (Å²) in [7, 11) is 0. The van der Waals surface area contributed by atoms with E-state index in [-0.39, 0.29) is 29.9 Å². The van der Waals surface area contributed by atoms with Gasteiger partial charge >= 0.3 is 6.18 Å². The van der Waals surface area contributed by atoms with E-state index in [1.807, 2.05) is 6.92 Å². The monoisotopic (exact) mass is 553 g/mol. The van der Waals surface area contributed by atoms with Crippen LogP contribution in [0.3, 0.4) is 0 Å². The highest BCUT2D eigenvalue weighted by Gasteiger charge is 2.34. The summed E-state index contributed by atoms with van der Waals surface area (Å²) in [6.45, 7) is 11.5. The molecule has 1 aromatic carbocycles. The van der Waals surface area contributed by atoms with Crippen LogP contribution in [-0.4, -0.2) is 80.8 Å². The number of aliphatic imine (C=N–C) groups is 1. The third-order valence-corrected chi connectivity index (χ3v) is 6.10. The largest absolute Gasteiger partial charge is 0.401 e. The maximum Gasteiger partial charge on any atom is 0.401 e. The molecule has 1 aromatic rings. The molecule has 0 aromatic heterocycles. The number of guanidine groups is 1. The van der Waals surface area contributed by atoms with Crippen molar-refractivity contribution < 1.29 is 13.2 Å². The Morgan fingerprint density at radius 1 is 1.13 bits per heavy atom. The minimum absolute atomic E-state index is 0. The van der Waals surface area contributed by atoms with Crippen LogP contribution in [0, 0.1) is 19.8 Å². The number of hydrogen-bond acceptors (Lipinski definition) is 3. The van der Waals surface area contributed by atoms with Crippen LogP contribution in [0.25, 0.3) is 0 Å². The lowest BCUT2D eigenvalue weighted by Gasteiger charge is -2.38. The maximum atomic E-state index is 12.6. The molecule has 2 heterocycles. The standard InChI is InChI=1S/C22H34F3N5.HI/c1-4-26-21(27-14-19-8-9-28(15-19)16-22(23,24)25)30-12-10-29(11-13-30)20-7-5-6-17(2)18(20)3;/h5-7,19H,4,8-16H2,1-3H3,(H,26,27);1H. The van der Waals surface area contributed by atoms with Gasteiger partial charge in [0.05, 0.1) is 6.54 Å². The first-order chi connectivity index (χ1) is 14.3. The second kappa shape index (κ2) is 11.6. The van der Waals surface area contributed by atoms with Crippen molar-refractivity contribution >= 4 is 35.6 Å². The molecule has 2 fully saturated rings. The number of hydrogen-bond donors (Lipinski definition) is 1. The Morgan fingerprint density at radius 2 is 1.84 bits per heavy atom. The summed E-state index contributed by atoms with van der Waals surface area (Å²) in [5.74, 6) is 1.07. The summed E-state index contributed by atoms with van der Waals surface area (Å²) in [6, 6.07) is 6.44. The number of rotatable bonds is 5. The second-order valence-electron chi connectivity index (χ2n) is 8.39. The van der Waals surface area contributed by atoms with Gasteiger partial charge < -0.3 is 15.1 Å². The molecule has 2 aliphatic heterocycles. The van der Waals surface area contributed by atoms with Gasteiger partial charge in [0.1, 0.15) is 0 Å². The lowest BCUT2D eigenvalue weighted by Crippen LogP contribution is -2.52. The van der Waals surface area contributed by atoms with E-state index >= 15 is 0 Å². The zero-order valence-corrected chi connectivity index (χ0v) is 21.0. The second-order valence-corrected chi connectivity index (χ2v) is 8.39. The molecule has 31 heavy (non-hydrogen) atoms. The van der Waals surface area contributed by atoms with Crippen molar-refractivity contribution in [1.82, 2.24) is 15.1 Å². The quantitative estimate of drug-likeness (QED) is 0.341. The highest BCUT2D eigenvalue weighted by molar-refractivity contribution is 14.0. The maximum absolute atomic E-state index is 12.6. The molecular formula is C22H35F3IN5. The summed E-state index contributed by atoms with van der Waals surface area (Å²) in [4.78, 5) is 11.0. The summed E-state index contributed by atoms with van der Waals surface area (Å²) in [5.41, 5.74) is 3.93. The van der Waals surface area contributed by atoms with Crippen LogP contribution in [0.2, 0.25) is 0 Å². The fourth-order valence-electron chi connectivity index (χ4n) is 4.34. The van der Waals surface area contributed by atoms with E-state index in [2.05, 4.69) is 47.2 Å². The van der Waals surface area contributed by atoms with Gasteiger partial charge in [-0.1, -0.05) is 12.1 Å². The molecule has 176 valence electrons. The smallest absolute Gasteiger partial charge is 0.368 e. The molecule has 0 aliphatic carbocycles. The molecule has 9 heteroatoms. The van der Waals surface area contributed by atoms with E-state index in [1.165, 1.54) is 21.7 Å². The van der Waals surface area contributed by atoms with Crippen molar-refractivity contribution in [2.45, 2.75) is 33.4 Å². The molecule has 0 amide bonds. The third kappa shape index (κ3) is 7.40. The molecule has 5 nitrogen and oxygen atoms in total. The lowest BCUT2D eigenvalue weighted by molar-refractivity contribution is -0.143. The third-order valence-electron chi connectivity index (χ3n) is 6.10. The van der Waals surface area contributed by atoms with Crippen LogP contribution in [0.5, 0.6) is 0 Å². The molecule has 2 aliphatic rings. The van der Waals surface area contributed by atoms with E-state index in [0.29, 0.717) is 19.6 Å². The number of benzene rings is 1. The molecule has 0 saturated carbocycles. The van der Waals surface area contributed by atoms with Crippen LogP contribution >= 0.6 is 24.0 Å². The molecule has 1 unspecified atom stereocenters. The number of alkyl halides is 3. The van der Waals surface area contributed by atoms with Gasteiger partial charge in [0.2, 0.25) is 0 Å².